The lowest BCUT2D eigenvalue weighted by molar-refractivity contribution is 1.09. The number of hydrogen-bond acceptors (Lipinski definition) is 2. The highest BCUT2D eigenvalue weighted by atomic mass is 15.1. The van der Waals surface area contributed by atoms with Crippen LogP contribution in [0.1, 0.15) is 0 Å². The molecule has 1 aliphatic rings. The Hall–Kier alpha value is -6.58. The lowest BCUT2D eigenvalue weighted by atomic mass is 9.91. The van der Waals surface area contributed by atoms with Crippen molar-refractivity contribution in [1.29, 1.82) is 0 Å². The minimum absolute atomic E-state index is 0.871. The first-order chi connectivity index (χ1) is 24.3. The number of para-hydroxylation sites is 3. The van der Waals surface area contributed by atoms with Crippen LogP contribution < -0.4 is 0 Å². The summed E-state index contributed by atoms with van der Waals surface area (Å²) in [4.78, 5) is 10.5. The average Bonchev–Trinajstić information content (AvgIpc) is 3.45. The molecular weight excluding hydrogens is 595 g/mol. The van der Waals surface area contributed by atoms with E-state index in [0.717, 1.165) is 33.6 Å². The van der Waals surface area contributed by atoms with Crippen LogP contribution in [0.4, 0.5) is 0 Å². The van der Waals surface area contributed by atoms with E-state index < -0.39 is 0 Å². The van der Waals surface area contributed by atoms with Crippen molar-refractivity contribution in [3.05, 3.63) is 164 Å². The molecule has 0 radical (unpaired) electrons. The van der Waals surface area contributed by atoms with E-state index in [2.05, 4.69) is 156 Å². The lowest BCUT2D eigenvalue weighted by Gasteiger charge is -2.13. The lowest BCUT2D eigenvalue weighted by Crippen LogP contribution is -2.02. The molecule has 1 aliphatic heterocycles. The summed E-state index contributed by atoms with van der Waals surface area (Å²) >= 11 is 0. The monoisotopic (exact) mass is 621 g/mol. The first-order valence-electron chi connectivity index (χ1n) is 16.8. The largest absolute Gasteiger partial charge is 0.291 e. The predicted molar refractivity (Wildman–Crippen MR) is 204 cm³/mol. The fraction of sp³-hybridized carbons (Fsp3) is 0. The van der Waals surface area contributed by atoms with Gasteiger partial charge in [-0.2, -0.15) is 0 Å². The molecule has 0 bridgehead atoms. The topological polar surface area (TPSA) is 30.7 Å². The first-order valence-corrected chi connectivity index (χ1v) is 16.8. The van der Waals surface area contributed by atoms with E-state index in [-0.39, 0.29) is 0 Å². The number of fused-ring (bicyclic) bond motifs is 12. The summed E-state index contributed by atoms with van der Waals surface area (Å²) in [5.74, 6) is 0.871. The van der Waals surface area contributed by atoms with Gasteiger partial charge in [0.2, 0.25) is 0 Å². The Balaban J connectivity index is 1.16. The van der Waals surface area contributed by atoms with Crippen molar-refractivity contribution >= 4 is 54.4 Å². The maximum Gasteiger partial charge on any atom is 0.165 e. The summed E-state index contributed by atoms with van der Waals surface area (Å²) in [7, 11) is 0. The number of rotatable bonds is 2. The standard InChI is InChI=1S/C46H27N3/c1-2-12-32-30(11-1)25-38(34-14-4-3-13-33(32)34)29-23-21-28(22-24-29)31-26-39-35-15-5-6-17-37(35)44-46(48-42-19-9-8-18-41(42)47-44)49-43-20-10-7-16-36(43)40(27-31)45(39)49/h1-27H. The second kappa shape index (κ2) is 9.96. The molecule has 11 rings (SSSR count). The van der Waals surface area contributed by atoms with Gasteiger partial charge in [0.05, 0.1) is 22.1 Å². The van der Waals surface area contributed by atoms with E-state index in [0.29, 0.717) is 0 Å². The van der Waals surface area contributed by atoms with Crippen LogP contribution in [0.25, 0.3) is 105 Å². The third-order valence-corrected chi connectivity index (χ3v) is 10.3. The van der Waals surface area contributed by atoms with Crippen LogP contribution >= 0.6 is 0 Å². The summed E-state index contributed by atoms with van der Waals surface area (Å²) in [6.07, 6.45) is 0. The van der Waals surface area contributed by atoms with Gasteiger partial charge in [0.15, 0.2) is 5.82 Å². The highest BCUT2D eigenvalue weighted by Crippen LogP contribution is 2.47. The van der Waals surface area contributed by atoms with Gasteiger partial charge in [0.25, 0.3) is 0 Å². The third kappa shape index (κ3) is 3.78. The zero-order valence-electron chi connectivity index (χ0n) is 26.4. The Morgan fingerprint density at radius 2 is 1.00 bits per heavy atom. The van der Waals surface area contributed by atoms with Crippen LogP contribution in [0, 0.1) is 0 Å². The zero-order valence-corrected chi connectivity index (χ0v) is 26.4. The summed E-state index contributed by atoms with van der Waals surface area (Å²) in [5.41, 5.74) is 13.3. The molecule has 0 spiro atoms. The van der Waals surface area contributed by atoms with E-state index >= 15 is 0 Å². The van der Waals surface area contributed by atoms with E-state index in [9.17, 15) is 0 Å². The highest BCUT2D eigenvalue weighted by molar-refractivity contribution is 6.18. The third-order valence-electron chi connectivity index (χ3n) is 10.3. The Morgan fingerprint density at radius 3 is 1.84 bits per heavy atom. The molecule has 0 fully saturated rings. The first kappa shape index (κ1) is 26.5. The fourth-order valence-electron chi connectivity index (χ4n) is 8.08. The van der Waals surface area contributed by atoms with E-state index in [1.807, 2.05) is 12.1 Å². The summed E-state index contributed by atoms with van der Waals surface area (Å²) in [6, 6.07) is 59.1. The molecule has 226 valence electrons. The molecule has 8 aromatic carbocycles. The highest BCUT2D eigenvalue weighted by Gasteiger charge is 2.27. The van der Waals surface area contributed by atoms with Gasteiger partial charge in [-0.1, -0.05) is 127 Å². The van der Waals surface area contributed by atoms with Gasteiger partial charge in [-0.15, -0.1) is 0 Å². The molecule has 2 aromatic heterocycles. The van der Waals surface area contributed by atoms with Crippen molar-refractivity contribution < 1.29 is 0 Å². The molecule has 0 N–H and O–H groups in total. The SMILES string of the molecule is c1ccc2c(c1)-c1nc3ccccc3nc1-n1c3ccccc3c3cc(-c4ccc(-c5cc6ccccc6c6ccccc56)cc4)cc-2c31. The zero-order chi connectivity index (χ0) is 32.1. The van der Waals surface area contributed by atoms with Crippen LogP contribution in [0.15, 0.2) is 164 Å². The molecule has 3 nitrogen and oxygen atoms in total. The number of hydrogen-bond donors (Lipinski definition) is 0. The van der Waals surface area contributed by atoms with Crippen LogP contribution in [0.5, 0.6) is 0 Å². The van der Waals surface area contributed by atoms with E-state index in [1.165, 1.54) is 71.2 Å². The maximum absolute atomic E-state index is 5.28. The Kier molecular flexibility index (Phi) is 5.38. The van der Waals surface area contributed by atoms with Gasteiger partial charge in [0.1, 0.15) is 5.69 Å². The smallest absolute Gasteiger partial charge is 0.165 e. The van der Waals surface area contributed by atoms with Crippen molar-refractivity contribution in [1.82, 2.24) is 14.5 Å². The van der Waals surface area contributed by atoms with Gasteiger partial charge in [-0.3, -0.25) is 4.57 Å². The molecule has 3 heteroatoms. The minimum Gasteiger partial charge on any atom is -0.291 e. The maximum atomic E-state index is 5.28. The molecule has 0 amide bonds. The molecule has 10 aromatic rings. The van der Waals surface area contributed by atoms with Gasteiger partial charge < -0.3 is 0 Å². The second-order valence-corrected chi connectivity index (χ2v) is 13.0. The Labute approximate surface area is 282 Å². The average molecular weight is 622 g/mol. The normalized spacial score (nSPS) is 12.1. The van der Waals surface area contributed by atoms with Crippen LogP contribution in [0.2, 0.25) is 0 Å². The summed E-state index contributed by atoms with van der Waals surface area (Å²) in [6.45, 7) is 0. The van der Waals surface area contributed by atoms with E-state index in [1.54, 1.807) is 0 Å². The second-order valence-electron chi connectivity index (χ2n) is 13.0. The van der Waals surface area contributed by atoms with Crippen molar-refractivity contribution in [2.45, 2.75) is 0 Å². The van der Waals surface area contributed by atoms with Crippen molar-refractivity contribution in [2.24, 2.45) is 0 Å². The van der Waals surface area contributed by atoms with Crippen molar-refractivity contribution in [2.75, 3.05) is 0 Å². The quantitative estimate of drug-likeness (QED) is 0.180. The molecule has 0 saturated carbocycles. The molecule has 3 heterocycles. The molecule has 0 aliphatic carbocycles. The molecule has 0 unspecified atom stereocenters. The molecule has 0 atom stereocenters. The fourth-order valence-corrected chi connectivity index (χ4v) is 8.08. The van der Waals surface area contributed by atoms with Crippen molar-refractivity contribution in [3.8, 4) is 50.5 Å². The predicted octanol–water partition coefficient (Wildman–Crippen LogP) is 12.0. The van der Waals surface area contributed by atoms with Gasteiger partial charge >= 0.3 is 0 Å². The Bertz CT molecular complexity index is 2990. The van der Waals surface area contributed by atoms with Crippen molar-refractivity contribution in [3.63, 3.8) is 0 Å². The summed E-state index contributed by atoms with van der Waals surface area (Å²) < 4.78 is 2.34. The number of aromatic nitrogens is 3. The summed E-state index contributed by atoms with van der Waals surface area (Å²) in [5, 5.41) is 7.53. The number of nitrogens with zero attached hydrogens (tertiary/aromatic N) is 3. The Morgan fingerprint density at radius 1 is 0.367 bits per heavy atom. The van der Waals surface area contributed by atoms with Gasteiger partial charge in [0, 0.05) is 21.9 Å². The van der Waals surface area contributed by atoms with Gasteiger partial charge in [-0.25, -0.2) is 9.97 Å². The van der Waals surface area contributed by atoms with Gasteiger partial charge in [-0.05, 0) is 85.8 Å². The molecule has 0 saturated heterocycles. The molecule has 49 heavy (non-hydrogen) atoms. The molecular formula is C46H27N3. The number of benzene rings is 8. The minimum atomic E-state index is 0.871. The van der Waals surface area contributed by atoms with Crippen LogP contribution in [-0.2, 0) is 0 Å². The van der Waals surface area contributed by atoms with E-state index in [4.69, 9.17) is 9.97 Å². The van der Waals surface area contributed by atoms with Crippen LogP contribution in [0.3, 0.4) is 0 Å². The van der Waals surface area contributed by atoms with Crippen LogP contribution in [-0.4, -0.2) is 14.5 Å².